The summed E-state index contributed by atoms with van der Waals surface area (Å²) in [6, 6.07) is 3.40. The number of ether oxygens (including phenoxy) is 1. The Morgan fingerprint density at radius 1 is 1.53 bits per heavy atom. The number of carboxylic acids is 1. The summed E-state index contributed by atoms with van der Waals surface area (Å²) in [5.74, 6) is -1.78. The number of rotatable bonds is 5. The fourth-order valence-corrected chi connectivity index (χ4v) is 1.86. The lowest BCUT2D eigenvalue weighted by atomic mass is 9.93. The summed E-state index contributed by atoms with van der Waals surface area (Å²) in [4.78, 5) is 25.9. The monoisotopic (exact) mass is 301 g/mol. The maximum atomic E-state index is 11.2. The Morgan fingerprint density at radius 2 is 2.24 bits per heavy atom. The van der Waals surface area contributed by atoms with E-state index in [-0.39, 0.29) is 12.8 Å². The minimum atomic E-state index is -0.952. The molecule has 5 nitrogen and oxygen atoms in total. The van der Waals surface area contributed by atoms with E-state index in [0.29, 0.717) is 4.60 Å². The highest BCUT2D eigenvalue weighted by Gasteiger charge is 2.20. The van der Waals surface area contributed by atoms with Gasteiger partial charge in [-0.05, 0) is 33.6 Å². The molecule has 1 unspecified atom stereocenters. The lowest BCUT2D eigenvalue weighted by molar-refractivity contribution is -0.141. The van der Waals surface area contributed by atoms with Crippen molar-refractivity contribution in [1.82, 2.24) is 4.98 Å². The number of halogens is 1. The van der Waals surface area contributed by atoms with Gasteiger partial charge in [-0.2, -0.15) is 0 Å². The van der Waals surface area contributed by atoms with E-state index in [9.17, 15) is 9.59 Å². The second kappa shape index (κ2) is 6.34. The van der Waals surface area contributed by atoms with Crippen molar-refractivity contribution < 1.29 is 19.4 Å². The van der Waals surface area contributed by atoms with Crippen molar-refractivity contribution in [2.45, 2.75) is 18.8 Å². The molecule has 0 aliphatic heterocycles. The van der Waals surface area contributed by atoms with Crippen LogP contribution in [0.1, 0.15) is 24.3 Å². The van der Waals surface area contributed by atoms with Crippen LogP contribution in [0.25, 0.3) is 0 Å². The van der Waals surface area contributed by atoms with Gasteiger partial charge < -0.3 is 9.84 Å². The SMILES string of the molecule is COC(=O)CC(CC(=O)O)c1ccnc(Br)c1. The summed E-state index contributed by atoms with van der Waals surface area (Å²) in [5, 5.41) is 8.82. The molecular weight excluding hydrogens is 290 g/mol. The molecule has 0 saturated carbocycles. The quantitative estimate of drug-likeness (QED) is 0.664. The Balaban J connectivity index is 2.89. The topological polar surface area (TPSA) is 76.5 Å². The van der Waals surface area contributed by atoms with E-state index >= 15 is 0 Å². The Morgan fingerprint density at radius 3 is 2.76 bits per heavy atom. The first-order valence-electron chi connectivity index (χ1n) is 4.93. The van der Waals surface area contributed by atoms with E-state index in [4.69, 9.17) is 5.11 Å². The van der Waals surface area contributed by atoms with E-state index in [1.807, 2.05) is 0 Å². The lowest BCUT2D eigenvalue weighted by Crippen LogP contribution is -2.12. The highest BCUT2D eigenvalue weighted by molar-refractivity contribution is 9.10. The third kappa shape index (κ3) is 4.52. The zero-order valence-electron chi connectivity index (χ0n) is 9.22. The van der Waals surface area contributed by atoms with Crippen molar-refractivity contribution in [2.24, 2.45) is 0 Å². The van der Waals surface area contributed by atoms with Gasteiger partial charge in [-0.15, -0.1) is 0 Å². The van der Waals surface area contributed by atoms with Crippen molar-refractivity contribution >= 4 is 27.9 Å². The van der Waals surface area contributed by atoms with Crippen LogP contribution in [-0.4, -0.2) is 29.1 Å². The van der Waals surface area contributed by atoms with Crippen LogP contribution in [0, 0.1) is 0 Å². The first kappa shape index (κ1) is 13.6. The molecule has 0 aliphatic carbocycles. The third-order valence-corrected chi connectivity index (χ3v) is 2.72. The second-order valence-corrected chi connectivity index (χ2v) is 4.30. The molecule has 1 N–H and O–H groups in total. The summed E-state index contributed by atoms with van der Waals surface area (Å²) in [6.45, 7) is 0. The Kier molecular flexibility index (Phi) is 5.09. The number of carboxylic acid groups (broad SMARTS) is 1. The van der Waals surface area contributed by atoms with Gasteiger partial charge in [0, 0.05) is 12.1 Å². The predicted molar refractivity (Wildman–Crippen MR) is 63.6 cm³/mol. The lowest BCUT2D eigenvalue weighted by Gasteiger charge is -2.13. The van der Waals surface area contributed by atoms with Crippen LogP contribution < -0.4 is 0 Å². The van der Waals surface area contributed by atoms with E-state index < -0.39 is 17.9 Å². The van der Waals surface area contributed by atoms with Crippen molar-refractivity contribution in [3.05, 3.63) is 28.5 Å². The Labute approximate surface area is 107 Å². The van der Waals surface area contributed by atoms with Crippen LogP contribution in [-0.2, 0) is 14.3 Å². The number of pyridine rings is 1. The molecule has 0 radical (unpaired) electrons. The molecule has 0 aromatic carbocycles. The fraction of sp³-hybridized carbons (Fsp3) is 0.364. The smallest absolute Gasteiger partial charge is 0.306 e. The number of carbonyl (C=O) groups is 2. The number of hydrogen-bond acceptors (Lipinski definition) is 4. The second-order valence-electron chi connectivity index (χ2n) is 3.49. The number of esters is 1. The molecule has 17 heavy (non-hydrogen) atoms. The Bertz CT molecular complexity index is 422. The fourth-order valence-electron chi connectivity index (χ4n) is 1.47. The van der Waals surface area contributed by atoms with Crippen LogP contribution in [0.4, 0.5) is 0 Å². The standard InChI is InChI=1S/C11H12BrNO4/c1-17-11(16)6-8(5-10(14)15)7-2-3-13-9(12)4-7/h2-4,8H,5-6H2,1H3,(H,14,15). The molecule has 0 spiro atoms. The largest absolute Gasteiger partial charge is 0.481 e. The van der Waals surface area contributed by atoms with E-state index in [1.54, 1.807) is 18.3 Å². The maximum Gasteiger partial charge on any atom is 0.306 e. The summed E-state index contributed by atoms with van der Waals surface area (Å²) in [7, 11) is 1.28. The zero-order chi connectivity index (χ0) is 12.8. The van der Waals surface area contributed by atoms with E-state index in [0.717, 1.165) is 5.56 Å². The average Bonchev–Trinajstić information content (AvgIpc) is 2.27. The minimum absolute atomic E-state index is 0.0409. The molecule has 1 atom stereocenters. The molecule has 0 amide bonds. The van der Waals surface area contributed by atoms with Gasteiger partial charge in [-0.25, -0.2) is 4.98 Å². The first-order chi connectivity index (χ1) is 8.02. The molecule has 1 aromatic rings. The number of aliphatic carboxylic acids is 1. The van der Waals surface area contributed by atoms with E-state index in [2.05, 4.69) is 25.7 Å². The molecule has 0 aliphatic rings. The molecule has 0 saturated heterocycles. The minimum Gasteiger partial charge on any atom is -0.481 e. The van der Waals surface area contributed by atoms with Crippen molar-refractivity contribution in [2.75, 3.05) is 7.11 Å². The highest BCUT2D eigenvalue weighted by atomic mass is 79.9. The van der Waals surface area contributed by atoms with Crippen LogP contribution in [0.2, 0.25) is 0 Å². The molecule has 1 heterocycles. The number of hydrogen-bond donors (Lipinski definition) is 1. The Hall–Kier alpha value is -1.43. The summed E-state index contributed by atoms with van der Waals surface area (Å²) in [6.07, 6.45) is 1.48. The molecule has 1 rings (SSSR count). The van der Waals surface area contributed by atoms with Crippen molar-refractivity contribution in [3.63, 3.8) is 0 Å². The zero-order valence-corrected chi connectivity index (χ0v) is 10.8. The number of carbonyl (C=O) groups excluding carboxylic acids is 1. The van der Waals surface area contributed by atoms with Gasteiger partial charge in [-0.1, -0.05) is 0 Å². The molecule has 0 bridgehead atoms. The molecule has 6 heteroatoms. The number of methoxy groups -OCH3 is 1. The van der Waals surface area contributed by atoms with Gasteiger partial charge in [0.1, 0.15) is 4.60 Å². The molecule has 92 valence electrons. The van der Waals surface area contributed by atoms with Crippen molar-refractivity contribution in [3.8, 4) is 0 Å². The van der Waals surface area contributed by atoms with Gasteiger partial charge in [-0.3, -0.25) is 9.59 Å². The normalized spacial score (nSPS) is 11.9. The van der Waals surface area contributed by atoms with E-state index in [1.165, 1.54) is 7.11 Å². The van der Waals surface area contributed by atoms with Crippen LogP contribution >= 0.6 is 15.9 Å². The molecule has 1 aromatic heterocycles. The van der Waals surface area contributed by atoms with Crippen LogP contribution in [0.3, 0.4) is 0 Å². The number of aromatic nitrogens is 1. The summed E-state index contributed by atoms with van der Waals surface area (Å²) < 4.78 is 5.16. The van der Waals surface area contributed by atoms with Gasteiger partial charge in [0.15, 0.2) is 0 Å². The van der Waals surface area contributed by atoms with Crippen LogP contribution in [0.5, 0.6) is 0 Å². The van der Waals surface area contributed by atoms with Gasteiger partial charge in [0.05, 0.1) is 20.0 Å². The predicted octanol–water partition coefficient (Wildman–Crippen LogP) is 1.97. The maximum absolute atomic E-state index is 11.2. The molecular formula is C11H12BrNO4. The summed E-state index contributed by atoms with van der Waals surface area (Å²) in [5.41, 5.74) is 0.750. The average molecular weight is 302 g/mol. The number of nitrogens with zero attached hydrogens (tertiary/aromatic N) is 1. The van der Waals surface area contributed by atoms with Crippen molar-refractivity contribution in [1.29, 1.82) is 0 Å². The molecule has 0 fully saturated rings. The van der Waals surface area contributed by atoms with Gasteiger partial charge >= 0.3 is 11.9 Å². The first-order valence-corrected chi connectivity index (χ1v) is 5.72. The highest BCUT2D eigenvalue weighted by Crippen LogP contribution is 2.25. The van der Waals surface area contributed by atoms with Gasteiger partial charge in [0.2, 0.25) is 0 Å². The van der Waals surface area contributed by atoms with Gasteiger partial charge in [0.25, 0.3) is 0 Å². The summed E-state index contributed by atoms with van der Waals surface area (Å²) >= 11 is 3.21. The third-order valence-electron chi connectivity index (χ3n) is 2.28. The van der Waals surface area contributed by atoms with Crippen LogP contribution in [0.15, 0.2) is 22.9 Å².